The number of nitrogens with zero attached hydrogens (tertiary/aromatic N) is 2. The van der Waals surface area contributed by atoms with Crippen LogP contribution in [0.15, 0.2) is 18.5 Å². The summed E-state index contributed by atoms with van der Waals surface area (Å²) in [6.45, 7) is 5.18. The maximum absolute atomic E-state index is 4.11. The molecule has 0 bridgehead atoms. The van der Waals surface area contributed by atoms with E-state index in [1.807, 2.05) is 26.2 Å². The van der Waals surface area contributed by atoms with E-state index in [9.17, 15) is 0 Å². The molecule has 13 heavy (non-hydrogen) atoms. The van der Waals surface area contributed by atoms with Gasteiger partial charge in [0.1, 0.15) is 0 Å². The molecule has 2 nitrogen and oxygen atoms in total. The van der Waals surface area contributed by atoms with Gasteiger partial charge in [0, 0.05) is 31.7 Å². The number of hydrogen-bond acceptors (Lipinski definition) is 2. The standard InChI is InChI=1S/C9H12N2.C2H6/c1-11-6-2-3-8-7-10-5-4-9(8)11;1-2/h4-5,7H,2-3,6H2,1H3;1-2H3. The molecule has 0 fully saturated rings. The van der Waals surface area contributed by atoms with Crippen LogP contribution in [0.2, 0.25) is 0 Å². The van der Waals surface area contributed by atoms with E-state index >= 15 is 0 Å². The van der Waals surface area contributed by atoms with Crippen molar-refractivity contribution in [3.8, 4) is 0 Å². The van der Waals surface area contributed by atoms with E-state index < -0.39 is 0 Å². The van der Waals surface area contributed by atoms with Crippen molar-refractivity contribution < 1.29 is 0 Å². The van der Waals surface area contributed by atoms with E-state index in [0.717, 1.165) is 0 Å². The lowest BCUT2D eigenvalue weighted by Crippen LogP contribution is -2.24. The van der Waals surface area contributed by atoms with Crippen LogP contribution in [0.25, 0.3) is 0 Å². The van der Waals surface area contributed by atoms with Crippen LogP contribution in [0.3, 0.4) is 0 Å². The molecular weight excluding hydrogens is 160 g/mol. The summed E-state index contributed by atoms with van der Waals surface area (Å²) >= 11 is 0. The maximum atomic E-state index is 4.11. The van der Waals surface area contributed by atoms with Crippen LogP contribution in [0.4, 0.5) is 5.69 Å². The first-order chi connectivity index (χ1) is 6.38. The predicted octanol–water partition coefficient (Wildman–Crippen LogP) is 2.49. The molecule has 1 aliphatic heterocycles. The Morgan fingerprint density at radius 2 is 2.15 bits per heavy atom. The van der Waals surface area contributed by atoms with Crippen LogP contribution in [0.5, 0.6) is 0 Å². The highest BCUT2D eigenvalue weighted by Gasteiger charge is 2.11. The van der Waals surface area contributed by atoms with Crippen molar-refractivity contribution in [1.29, 1.82) is 0 Å². The minimum atomic E-state index is 1.18. The van der Waals surface area contributed by atoms with E-state index in [2.05, 4.69) is 23.0 Å². The molecule has 1 aliphatic rings. The van der Waals surface area contributed by atoms with Crippen LogP contribution in [0.1, 0.15) is 25.8 Å². The van der Waals surface area contributed by atoms with Crippen LogP contribution in [-0.4, -0.2) is 18.6 Å². The fourth-order valence-electron chi connectivity index (χ4n) is 1.61. The molecule has 0 atom stereocenters. The number of fused-ring (bicyclic) bond motifs is 1. The monoisotopic (exact) mass is 178 g/mol. The molecule has 2 heterocycles. The molecule has 0 saturated carbocycles. The molecule has 0 saturated heterocycles. The molecule has 72 valence electrons. The maximum Gasteiger partial charge on any atom is 0.0427 e. The van der Waals surface area contributed by atoms with Crippen LogP contribution < -0.4 is 4.90 Å². The third-order valence-corrected chi connectivity index (χ3v) is 2.23. The summed E-state index contributed by atoms with van der Waals surface area (Å²) in [4.78, 5) is 6.40. The zero-order valence-electron chi connectivity index (χ0n) is 8.75. The predicted molar refractivity (Wildman–Crippen MR) is 57.2 cm³/mol. The Bertz CT molecular complexity index is 258. The first-order valence-corrected chi connectivity index (χ1v) is 5.02. The van der Waals surface area contributed by atoms with Gasteiger partial charge in [0.25, 0.3) is 0 Å². The highest BCUT2D eigenvalue weighted by molar-refractivity contribution is 5.53. The van der Waals surface area contributed by atoms with Gasteiger partial charge in [0.05, 0.1) is 0 Å². The number of aromatic nitrogens is 1. The summed E-state index contributed by atoms with van der Waals surface area (Å²) in [7, 11) is 2.14. The van der Waals surface area contributed by atoms with E-state index in [1.165, 1.54) is 30.6 Å². The minimum absolute atomic E-state index is 1.18. The quantitative estimate of drug-likeness (QED) is 0.606. The largest absolute Gasteiger partial charge is 0.374 e. The van der Waals surface area contributed by atoms with Crippen LogP contribution in [0, 0.1) is 0 Å². The molecule has 2 heteroatoms. The van der Waals surface area contributed by atoms with Gasteiger partial charge in [-0.15, -0.1) is 0 Å². The number of rotatable bonds is 0. The Balaban J connectivity index is 0.000000396. The molecule has 0 amide bonds. The lowest BCUT2D eigenvalue weighted by molar-refractivity contribution is 0.740. The molecule has 1 aromatic rings. The van der Waals surface area contributed by atoms with Gasteiger partial charge in [-0.2, -0.15) is 0 Å². The van der Waals surface area contributed by atoms with Gasteiger partial charge in [-0.05, 0) is 24.5 Å². The number of aryl methyl sites for hydroxylation is 1. The summed E-state index contributed by atoms with van der Waals surface area (Å²) in [5, 5.41) is 0. The SMILES string of the molecule is CC.CN1CCCc2cnccc21. The molecule has 0 N–H and O–H groups in total. The lowest BCUT2D eigenvalue weighted by Gasteiger charge is -2.26. The fourth-order valence-corrected chi connectivity index (χ4v) is 1.61. The van der Waals surface area contributed by atoms with E-state index in [-0.39, 0.29) is 0 Å². The van der Waals surface area contributed by atoms with Gasteiger partial charge in [0.15, 0.2) is 0 Å². The Morgan fingerprint density at radius 1 is 1.38 bits per heavy atom. The van der Waals surface area contributed by atoms with Crippen molar-refractivity contribution in [3.63, 3.8) is 0 Å². The molecule has 0 radical (unpaired) electrons. The molecule has 0 aromatic carbocycles. The van der Waals surface area contributed by atoms with Crippen LogP contribution >= 0.6 is 0 Å². The lowest BCUT2D eigenvalue weighted by atomic mass is 10.1. The van der Waals surface area contributed by atoms with Gasteiger partial charge in [-0.3, -0.25) is 4.98 Å². The van der Waals surface area contributed by atoms with Crippen molar-refractivity contribution in [2.45, 2.75) is 26.7 Å². The molecule has 0 aliphatic carbocycles. The van der Waals surface area contributed by atoms with Crippen molar-refractivity contribution in [3.05, 3.63) is 24.0 Å². The zero-order valence-corrected chi connectivity index (χ0v) is 8.75. The second-order valence-corrected chi connectivity index (χ2v) is 3.03. The molecular formula is C11H18N2. The Hall–Kier alpha value is -1.05. The molecule has 1 aromatic heterocycles. The summed E-state index contributed by atoms with van der Waals surface area (Å²) in [5.41, 5.74) is 2.74. The van der Waals surface area contributed by atoms with E-state index in [0.29, 0.717) is 0 Å². The highest BCUT2D eigenvalue weighted by atomic mass is 15.1. The molecule has 2 rings (SSSR count). The van der Waals surface area contributed by atoms with Gasteiger partial charge in [-0.1, -0.05) is 13.8 Å². The first-order valence-electron chi connectivity index (χ1n) is 5.02. The average Bonchev–Trinajstić information content (AvgIpc) is 2.22. The topological polar surface area (TPSA) is 16.1 Å². The third-order valence-electron chi connectivity index (χ3n) is 2.23. The van der Waals surface area contributed by atoms with Crippen molar-refractivity contribution in [2.24, 2.45) is 0 Å². The fraction of sp³-hybridized carbons (Fsp3) is 0.545. The number of pyridine rings is 1. The van der Waals surface area contributed by atoms with Crippen molar-refractivity contribution >= 4 is 5.69 Å². The summed E-state index contributed by atoms with van der Waals surface area (Å²) in [5.74, 6) is 0. The normalized spacial score (nSPS) is 14.2. The number of anilines is 1. The molecule has 0 unspecified atom stereocenters. The Kier molecular flexibility index (Phi) is 3.74. The van der Waals surface area contributed by atoms with Gasteiger partial charge >= 0.3 is 0 Å². The molecule has 0 spiro atoms. The number of hydrogen-bond donors (Lipinski definition) is 0. The Labute approximate surface area is 80.6 Å². The highest BCUT2D eigenvalue weighted by Crippen LogP contribution is 2.23. The van der Waals surface area contributed by atoms with Gasteiger partial charge < -0.3 is 4.90 Å². The summed E-state index contributed by atoms with van der Waals surface area (Å²) < 4.78 is 0. The van der Waals surface area contributed by atoms with Gasteiger partial charge in [0.2, 0.25) is 0 Å². The second kappa shape index (κ2) is 4.85. The van der Waals surface area contributed by atoms with Gasteiger partial charge in [-0.25, -0.2) is 0 Å². The third kappa shape index (κ3) is 2.20. The zero-order chi connectivity index (χ0) is 9.68. The minimum Gasteiger partial charge on any atom is -0.374 e. The average molecular weight is 178 g/mol. The van der Waals surface area contributed by atoms with Crippen LogP contribution in [-0.2, 0) is 6.42 Å². The van der Waals surface area contributed by atoms with Crippen molar-refractivity contribution in [1.82, 2.24) is 4.98 Å². The van der Waals surface area contributed by atoms with E-state index in [1.54, 1.807) is 0 Å². The smallest absolute Gasteiger partial charge is 0.0427 e. The van der Waals surface area contributed by atoms with Crippen molar-refractivity contribution in [2.75, 3.05) is 18.5 Å². The Morgan fingerprint density at radius 3 is 2.85 bits per heavy atom. The van der Waals surface area contributed by atoms with E-state index in [4.69, 9.17) is 0 Å². The summed E-state index contributed by atoms with van der Waals surface area (Å²) in [6, 6.07) is 2.09. The summed E-state index contributed by atoms with van der Waals surface area (Å²) in [6.07, 6.45) is 6.29. The first kappa shape index (κ1) is 10.0. The second-order valence-electron chi connectivity index (χ2n) is 3.03.